The van der Waals surface area contributed by atoms with Crippen LogP contribution >= 0.6 is 0 Å². The number of oxazole rings is 1. The van der Waals surface area contributed by atoms with E-state index in [1.165, 1.54) is 19.1 Å². The maximum absolute atomic E-state index is 12.8. The average molecular weight is 497 g/mol. The Bertz CT molecular complexity index is 1350. The van der Waals surface area contributed by atoms with E-state index >= 15 is 0 Å². The van der Waals surface area contributed by atoms with Crippen LogP contribution in [0, 0.1) is 6.92 Å². The number of ether oxygens (including phenoxy) is 3. The van der Waals surface area contributed by atoms with Gasteiger partial charge in [0.05, 0.1) is 17.9 Å². The van der Waals surface area contributed by atoms with Gasteiger partial charge >= 0.3 is 12.1 Å². The molecule has 0 aliphatic heterocycles. The van der Waals surface area contributed by atoms with Crippen molar-refractivity contribution in [2.24, 2.45) is 0 Å². The third-order valence-corrected chi connectivity index (χ3v) is 5.09. The molecule has 0 saturated heterocycles. The van der Waals surface area contributed by atoms with Crippen molar-refractivity contribution in [3.05, 3.63) is 89.8 Å². The van der Waals surface area contributed by atoms with E-state index in [4.69, 9.17) is 18.6 Å². The summed E-state index contributed by atoms with van der Waals surface area (Å²) in [5.41, 5.74) is 0.354. The van der Waals surface area contributed by atoms with Gasteiger partial charge in [0, 0.05) is 25.0 Å². The quantitative estimate of drug-likeness (QED) is 0.193. The van der Waals surface area contributed by atoms with Gasteiger partial charge in [0.2, 0.25) is 5.89 Å². The van der Waals surface area contributed by atoms with Gasteiger partial charge in [-0.25, -0.2) is 4.98 Å². The lowest BCUT2D eigenvalue weighted by atomic mass is 10.1. The van der Waals surface area contributed by atoms with Gasteiger partial charge in [-0.3, -0.25) is 4.79 Å². The second-order valence-electron chi connectivity index (χ2n) is 7.81. The van der Waals surface area contributed by atoms with Crippen LogP contribution in [0.3, 0.4) is 0 Å². The van der Waals surface area contributed by atoms with Crippen molar-refractivity contribution in [1.82, 2.24) is 4.98 Å². The molecule has 0 radical (unpaired) electrons. The zero-order valence-corrected chi connectivity index (χ0v) is 19.5. The van der Waals surface area contributed by atoms with E-state index in [-0.39, 0.29) is 12.5 Å². The van der Waals surface area contributed by atoms with Crippen LogP contribution in [0.2, 0.25) is 0 Å². The lowest BCUT2D eigenvalue weighted by Crippen LogP contribution is -2.04. The normalized spacial score (nSPS) is 11.2. The predicted octanol–water partition coefficient (Wildman–Crippen LogP) is 7.01. The molecule has 1 aromatic heterocycles. The zero-order chi connectivity index (χ0) is 25.7. The summed E-state index contributed by atoms with van der Waals surface area (Å²) in [5, 5.41) is 0. The fourth-order valence-electron chi connectivity index (χ4n) is 3.39. The smallest absolute Gasteiger partial charge is 0.416 e. The highest BCUT2D eigenvalue weighted by molar-refractivity contribution is 5.69. The molecule has 0 fully saturated rings. The summed E-state index contributed by atoms with van der Waals surface area (Å²) in [5.74, 6) is 2.18. The maximum Gasteiger partial charge on any atom is 0.416 e. The number of carbonyl (C=O) groups is 1. The van der Waals surface area contributed by atoms with Crippen LogP contribution in [0.5, 0.6) is 23.0 Å². The molecule has 4 rings (SSSR count). The minimum atomic E-state index is -4.40. The summed E-state index contributed by atoms with van der Waals surface area (Å²) in [6, 6.07) is 18.5. The molecule has 0 saturated carbocycles. The fraction of sp³-hybridized carbons (Fsp3) is 0.185. The van der Waals surface area contributed by atoms with Gasteiger partial charge in [0.15, 0.2) is 11.5 Å². The molecule has 0 amide bonds. The Hall–Kier alpha value is -4.27. The van der Waals surface area contributed by atoms with E-state index in [0.29, 0.717) is 46.4 Å². The zero-order valence-electron chi connectivity index (χ0n) is 19.5. The highest BCUT2D eigenvalue weighted by Crippen LogP contribution is 2.33. The summed E-state index contributed by atoms with van der Waals surface area (Å²) in [7, 11) is 0. The van der Waals surface area contributed by atoms with Gasteiger partial charge in [-0.15, -0.1) is 0 Å². The third-order valence-electron chi connectivity index (χ3n) is 5.09. The standard InChI is InChI=1S/C27H22F3NO5/c1-17-23(31-26(34-17)19-10-12-20(13-11-19)27(28,29)30)14-15-33-24-8-3-4-9-25(24)36-22-7-5-6-21(16-22)35-18(2)32/h3-13,16H,14-15H2,1-2H3. The number of aryl methyl sites for hydroxylation is 1. The number of rotatable bonds is 8. The van der Waals surface area contributed by atoms with Crippen molar-refractivity contribution in [2.45, 2.75) is 26.4 Å². The summed E-state index contributed by atoms with van der Waals surface area (Å²) < 4.78 is 61.0. The molecule has 0 atom stereocenters. The third kappa shape index (κ3) is 6.24. The largest absolute Gasteiger partial charge is 0.489 e. The van der Waals surface area contributed by atoms with Gasteiger partial charge in [-0.1, -0.05) is 18.2 Å². The fourth-order valence-corrected chi connectivity index (χ4v) is 3.39. The van der Waals surface area contributed by atoms with Crippen molar-refractivity contribution >= 4 is 5.97 Å². The number of aromatic nitrogens is 1. The van der Waals surface area contributed by atoms with Crippen LogP contribution in [-0.2, 0) is 17.4 Å². The highest BCUT2D eigenvalue weighted by atomic mass is 19.4. The molecule has 36 heavy (non-hydrogen) atoms. The second-order valence-corrected chi connectivity index (χ2v) is 7.81. The summed E-state index contributed by atoms with van der Waals surface area (Å²) in [6.45, 7) is 3.32. The SMILES string of the molecule is CC(=O)Oc1cccc(Oc2ccccc2OCCc2nc(-c3ccc(C(F)(F)F)cc3)oc2C)c1. The number of halogens is 3. The van der Waals surface area contributed by atoms with E-state index in [0.717, 1.165) is 12.1 Å². The van der Waals surface area contributed by atoms with Crippen LogP contribution in [0.4, 0.5) is 13.2 Å². The van der Waals surface area contributed by atoms with Crippen molar-refractivity contribution in [3.63, 3.8) is 0 Å². The number of hydrogen-bond donors (Lipinski definition) is 0. The van der Waals surface area contributed by atoms with Gasteiger partial charge < -0.3 is 18.6 Å². The van der Waals surface area contributed by atoms with Crippen molar-refractivity contribution < 1.29 is 36.6 Å². The monoisotopic (exact) mass is 497 g/mol. The molecule has 6 nitrogen and oxygen atoms in total. The van der Waals surface area contributed by atoms with E-state index in [1.807, 2.05) is 6.07 Å². The summed E-state index contributed by atoms with van der Waals surface area (Å²) in [6.07, 6.45) is -4.00. The first kappa shape index (κ1) is 24.8. The summed E-state index contributed by atoms with van der Waals surface area (Å²) >= 11 is 0. The topological polar surface area (TPSA) is 70.8 Å². The van der Waals surface area contributed by atoms with Gasteiger partial charge in [0.1, 0.15) is 17.3 Å². The Morgan fingerprint density at radius 3 is 2.33 bits per heavy atom. The average Bonchev–Trinajstić information content (AvgIpc) is 3.20. The molecule has 9 heteroatoms. The minimum absolute atomic E-state index is 0.243. The molecule has 0 spiro atoms. The number of carbonyl (C=O) groups excluding carboxylic acids is 1. The van der Waals surface area contributed by atoms with Gasteiger partial charge in [-0.05, 0) is 55.5 Å². The second kappa shape index (κ2) is 10.6. The molecule has 0 bridgehead atoms. The number of esters is 1. The minimum Gasteiger partial charge on any atom is -0.489 e. The van der Waals surface area contributed by atoms with Crippen LogP contribution in [-0.4, -0.2) is 17.6 Å². The van der Waals surface area contributed by atoms with Crippen LogP contribution in [0.25, 0.3) is 11.5 Å². The lowest BCUT2D eigenvalue weighted by molar-refractivity contribution is -0.137. The van der Waals surface area contributed by atoms with Gasteiger partial charge in [-0.2, -0.15) is 13.2 Å². The lowest BCUT2D eigenvalue weighted by Gasteiger charge is -2.12. The molecular formula is C27H22F3NO5. The number of alkyl halides is 3. The number of para-hydroxylation sites is 2. The van der Waals surface area contributed by atoms with Crippen molar-refractivity contribution in [2.75, 3.05) is 6.61 Å². The Kier molecular flexibility index (Phi) is 7.28. The molecular weight excluding hydrogens is 475 g/mol. The Morgan fingerprint density at radius 1 is 0.944 bits per heavy atom. The first-order valence-corrected chi connectivity index (χ1v) is 11.0. The van der Waals surface area contributed by atoms with E-state index in [2.05, 4.69) is 4.98 Å². The Morgan fingerprint density at radius 2 is 1.64 bits per heavy atom. The maximum atomic E-state index is 12.8. The first-order chi connectivity index (χ1) is 17.2. The first-order valence-electron chi connectivity index (χ1n) is 11.0. The molecule has 1 heterocycles. The number of nitrogens with zero attached hydrogens (tertiary/aromatic N) is 1. The molecule has 186 valence electrons. The number of hydrogen-bond acceptors (Lipinski definition) is 6. The van der Waals surface area contributed by atoms with E-state index in [1.54, 1.807) is 49.4 Å². The predicted molar refractivity (Wildman–Crippen MR) is 125 cm³/mol. The number of benzene rings is 3. The molecule has 0 unspecified atom stereocenters. The Balaban J connectivity index is 1.40. The molecule has 3 aromatic carbocycles. The van der Waals surface area contributed by atoms with Crippen LogP contribution < -0.4 is 14.2 Å². The van der Waals surface area contributed by atoms with E-state index in [9.17, 15) is 18.0 Å². The Labute approximate surface area is 205 Å². The van der Waals surface area contributed by atoms with Crippen molar-refractivity contribution in [1.29, 1.82) is 0 Å². The molecule has 0 N–H and O–H groups in total. The summed E-state index contributed by atoms with van der Waals surface area (Å²) in [4.78, 5) is 15.6. The van der Waals surface area contributed by atoms with Crippen LogP contribution in [0.15, 0.2) is 77.2 Å². The molecule has 0 aliphatic rings. The molecule has 0 aliphatic carbocycles. The van der Waals surface area contributed by atoms with E-state index < -0.39 is 17.7 Å². The van der Waals surface area contributed by atoms with Gasteiger partial charge in [0.25, 0.3) is 0 Å². The van der Waals surface area contributed by atoms with Crippen molar-refractivity contribution in [3.8, 4) is 34.5 Å². The molecule has 4 aromatic rings. The highest BCUT2D eigenvalue weighted by Gasteiger charge is 2.30. The van der Waals surface area contributed by atoms with Crippen LogP contribution in [0.1, 0.15) is 23.9 Å².